The molecule has 0 aromatic heterocycles. The van der Waals surface area contributed by atoms with E-state index < -0.39 is 24.7 Å². The monoisotopic (exact) mass is 380 g/mol. The van der Waals surface area contributed by atoms with Crippen LogP contribution in [0.2, 0.25) is 0 Å². The van der Waals surface area contributed by atoms with E-state index in [4.69, 9.17) is 14.2 Å². The number of non-ortho nitro benzene ring substituents is 1. The Bertz CT molecular complexity index is 854. The molecule has 0 radical (unpaired) electrons. The second-order valence-corrected chi connectivity index (χ2v) is 7.05. The van der Waals surface area contributed by atoms with Crippen LogP contribution in [0.5, 0.6) is 11.5 Å². The number of benzene rings is 2. The van der Waals surface area contributed by atoms with Crippen LogP contribution in [0.15, 0.2) is 48.5 Å². The molecule has 0 aliphatic heterocycles. The Hall–Kier alpha value is -2.90. The maximum absolute atomic E-state index is 13.0. The van der Waals surface area contributed by atoms with E-state index in [0.29, 0.717) is 0 Å². The van der Waals surface area contributed by atoms with E-state index >= 15 is 0 Å². The van der Waals surface area contributed by atoms with E-state index in [2.05, 4.69) is 5.09 Å². The summed E-state index contributed by atoms with van der Waals surface area (Å²) in [5.74, 6) is -0.998. The zero-order valence-electron chi connectivity index (χ0n) is 14.0. The summed E-state index contributed by atoms with van der Waals surface area (Å²) in [5, 5.41) is 22.1. The molecule has 0 heterocycles. The zero-order chi connectivity index (χ0) is 19.3. The van der Waals surface area contributed by atoms with E-state index in [1.54, 1.807) is 18.2 Å². The van der Waals surface area contributed by atoms with Crippen molar-refractivity contribution in [2.45, 2.75) is 19.9 Å². The van der Waals surface area contributed by atoms with Gasteiger partial charge in [-0.15, -0.1) is 0 Å². The molecule has 0 saturated heterocycles. The lowest BCUT2D eigenvalue weighted by Gasteiger charge is -2.22. The van der Waals surface area contributed by atoms with Gasteiger partial charge >= 0.3 is 13.7 Å². The number of rotatable bonds is 8. The van der Waals surface area contributed by atoms with Crippen LogP contribution in [0.1, 0.15) is 12.5 Å². The standard InChI is InChI=1S/C16H17N2O7P/c1-11-4-3-5-15(10-11)25-26(23,17-12(2)16(19)20)24-14-8-6-13(7-9-14)18(21)22/h3-10,12H,1-2H3,(H,17,23)(H,19,20)/t12-,26?/m0/s1. The quantitative estimate of drug-likeness (QED) is 0.404. The number of nitrogens with one attached hydrogen (secondary N) is 1. The molecule has 2 atom stereocenters. The molecule has 138 valence electrons. The molecule has 2 aromatic rings. The Balaban J connectivity index is 2.28. The topological polar surface area (TPSA) is 128 Å². The minimum Gasteiger partial charge on any atom is -0.480 e. The predicted molar refractivity (Wildman–Crippen MR) is 93.4 cm³/mol. The number of aliphatic carboxylic acids is 1. The smallest absolute Gasteiger partial charge is 0.480 e. The summed E-state index contributed by atoms with van der Waals surface area (Å²) in [7, 11) is -4.13. The van der Waals surface area contributed by atoms with Crippen LogP contribution < -0.4 is 14.1 Å². The highest BCUT2D eigenvalue weighted by Crippen LogP contribution is 2.45. The fourth-order valence-corrected chi connectivity index (χ4v) is 3.46. The third kappa shape index (κ3) is 5.30. The van der Waals surface area contributed by atoms with Crippen LogP contribution in [-0.2, 0) is 9.36 Å². The summed E-state index contributed by atoms with van der Waals surface area (Å²) in [4.78, 5) is 21.2. The second-order valence-electron chi connectivity index (χ2n) is 5.44. The SMILES string of the molecule is Cc1cccc(OP(=O)(N[C@@H](C)C(=O)O)Oc2ccc([N+](=O)[O-])cc2)c1. The average molecular weight is 380 g/mol. The molecule has 0 saturated carbocycles. The van der Waals surface area contributed by atoms with E-state index in [1.807, 2.05) is 13.0 Å². The van der Waals surface area contributed by atoms with Crippen molar-refractivity contribution in [1.29, 1.82) is 0 Å². The molecule has 9 nitrogen and oxygen atoms in total. The van der Waals surface area contributed by atoms with Crippen LogP contribution in [0.25, 0.3) is 0 Å². The molecule has 2 aromatic carbocycles. The van der Waals surface area contributed by atoms with Gasteiger partial charge in [0.05, 0.1) is 4.92 Å². The van der Waals surface area contributed by atoms with Crippen LogP contribution >= 0.6 is 7.75 Å². The van der Waals surface area contributed by atoms with Crippen molar-refractivity contribution in [3.63, 3.8) is 0 Å². The van der Waals surface area contributed by atoms with Crippen molar-refractivity contribution < 1.29 is 28.4 Å². The highest BCUT2D eigenvalue weighted by molar-refractivity contribution is 7.52. The highest BCUT2D eigenvalue weighted by atomic mass is 31.2. The van der Waals surface area contributed by atoms with Gasteiger partial charge in [0, 0.05) is 12.1 Å². The Labute approximate surface area is 149 Å². The van der Waals surface area contributed by atoms with E-state index in [0.717, 1.165) is 5.56 Å². The molecule has 0 fully saturated rings. The number of carboxylic acids is 1. The first-order chi connectivity index (χ1) is 12.2. The van der Waals surface area contributed by atoms with Gasteiger partial charge in [0.25, 0.3) is 5.69 Å². The zero-order valence-corrected chi connectivity index (χ0v) is 14.9. The van der Waals surface area contributed by atoms with E-state index in [1.165, 1.54) is 31.2 Å². The Morgan fingerprint density at radius 2 is 1.81 bits per heavy atom. The van der Waals surface area contributed by atoms with E-state index in [9.17, 15) is 19.5 Å². The summed E-state index contributed by atoms with van der Waals surface area (Å²) in [5.41, 5.74) is 0.675. The van der Waals surface area contributed by atoms with Gasteiger partial charge in [-0.25, -0.2) is 4.57 Å². The number of hydrogen-bond donors (Lipinski definition) is 2. The molecular weight excluding hydrogens is 363 g/mol. The lowest BCUT2D eigenvalue weighted by atomic mass is 10.2. The average Bonchev–Trinajstić information content (AvgIpc) is 2.54. The molecule has 0 aliphatic rings. The fourth-order valence-electron chi connectivity index (χ4n) is 1.94. The van der Waals surface area contributed by atoms with Gasteiger partial charge in [0.2, 0.25) is 0 Å². The highest BCUT2D eigenvalue weighted by Gasteiger charge is 2.33. The van der Waals surface area contributed by atoms with Gasteiger partial charge in [-0.05, 0) is 43.7 Å². The first-order valence-corrected chi connectivity index (χ1v) is 9.04. The van der Waals surface area contributed by atoms with Crippen LogP contribution in [0.4, 0.5) is 5.69 Å². The lowest BCUT2D eigenvalue weighted by Crippen LogP contribution is -2.34. The predicted octanol–water partition coefficient (Wildman–Crippen LogP) is 3.53. The molecule has 2 rings (SSSR count). The van der Waals surface area contributed by atoms with Crippen molar-refractivity contribution in [2.24, 2.45) is 0 Å². The molecule has 0 spiro atoms. The minimum absolute atomic E-state index is 0.0247. The maximum Gasteiger partial charge on any atom is 0.513 e. The molecule has 10 heteroatoms. The largest absolute Gasteiger partial charge is 0.513 e. The number of nitro groups is 1. The normalized spacial score (nSPS) is 14.1. The van der Waals surface area contributed by atoms with Gasteiger partial charge < -0.3 is 14.2 Å². The number of nitro benzene ring substituents is 1. The first-order valence-electron chi connectivity index (χ1n) is 7.49. The van der Waals surface area contributed by atoms with Gasteiger partial charge in [-0.2, -0.15) is 5.09 Å². The van der Waals surface area contributed by atoms with Crippen molar-refractivity contribution in [1.82, 2.24) is 5.09 Å². The minimum atomic E-state index is -4.13. The first kappa shape index (κ1) is 19.4. The Kier molecular flexibility index (Phi) is 5.97. The molecule has 2 N–H and O–H groups in total. The van der Waals surface area contributed by atoms with E-state index in [-0.39, 0.29) is 17.2 Å². The summed E-state index contributed by atoms with van der Waals surface area (Å²) < 4.78 is 23.8. The van der Waals surface area contributed by atoms with Crippen molar-refractivity contribution >= 4 is 19.4 Å². The number of nitrogens with zero attached hydrogens (tertiary/aromatic N) is 1. The van der Waals surface area contributed by atoms with Gasteiger partial charge in [-0.1, -0.05) is 12.1 Å². The lowest BCUT2D eigenvalue weighted by molar-refractivity contribution is -0.384. The second kappa shape index (κ2) is 7.99. The molecular formula is C16H17N2O7P. The number of carboxylic acid groups (broad SMARTS) is 1. The number of hydrogen-bond acceptors (Lipinski definition) is 6. The van der Waals surface area contributed by atoms with Gasteiger partial charge in [0.1, 0.15) is 17.5 Å². The number of aryl methyl sites for hydroxylation is 1. The van der Waals surface area contributed by atoms with Gasteiger partial charge in [0.15, 0.2) is 0 Å². The third-order valence-corrected chi connectivity index (χ3v) is 4.82. The Morgan fingerprint density at radius 1 is 1.19 bits per heavy atom. The fraction of sp³-hybridized carbons (Fsp3) is 0.188. The van der Waals surface area contributed by atoms with Crippen molar-refractivity contribution in [2.75, 3.05) is 0 Å². The summed E-state index contributed by atoms with van der Waals surface area (Å²) in [6.45, 7) is 3.09. The van der Waals surface area contributed by atoms with Crippen LogP contribution in [0, 0.1) is 17.0 Å². The summed E-state index contributed by atoms with van der Waals surface area (Å²) >= 11 is 0. The summed E-state index contributed by atoms with van der Waals surface area (Å²) in [6.07, 6.45) is 0. The Morgan fingerprint density at radius 3 is 2.35 bits per heavy atom. The van der Waals surface area contributed by atoms with Crippen LogP contribution in [-0.4, -0.2) is 22.0 Å². The third-order valence-electron chi connectivity index (χ3n) is 3.21. The van der Waals surface area contributed by atoms with Gasteiger partial charge in [-0.3, -0.25) is 14.9 Å². The maximum atomic E-state index is 13.0. The molecule has 0 bridgehead atoms. The molecule has 0 aliphatic carbocycles. The molecule has 1 unspecified atom stereocenters. The van der Waals surface area contributed by atoms with Crippen molar-refractivity contribution in [3.8, 4) is 11.5 Å². The van der Waals surface area contributed by atoms with Crippen molar-refractivity contribution in [3.05, 3.63) is 64.2 Å². The number of carbonyl (C=O) groups is 1. The molecule has 26 heavy (non-hydrogen) atoms. The van der Waals surface area contributed by atoms with Crippen LogP contribution in [0.3, 0.4) is 0 Å². The molecule has 0 amide bonds. The summed E-state index contributed by atoms with van der Waals surface area (Å²) in [6, 6.07) is 10.3.